The minimum atomic E-state index is -0.490. The molecule has 0 heterocycles. The largest absolute Gasteiger partial charge is 0.352 e. The van der Waals surface area contributed by atoms with Gasteiger partial charge in [0.25, 0.3) is 0 Å². The van der Waals surface area contributed by atoms with Gasteiger partial charge in [-0.15, -0.1) is 11.8 Å². The van der Waals surface area contributed by atoms with Gasteiger partial charge in [-0.2, -0.15) is 0 Å². The summed E-state index contributed by atoms with van der Waals surface area (Å²) in [6.45, 7) is 8.27. The Bertz CT molecular complexity index is 839. The molecule has 0 fully saturated rings. The normalized spacial score (nSPS) is 11.9. The molecule has 0 spiro atoms. The van der Waals surface area contributed by atoms with Crippen molar-refractivity contribution in [3.8, 4) is 0 Å². The lowest BCUT2D eigenvalue weighted by molar-refractivity contribution is -0.139. The zero-order valence-corrected chi connectivity index (χ0v) is 19.7. The first-order chi connectivity index (χ1) is 14.3. The quantitative estimate of drug-likeness (QED) is 0.544. The zero-order chi connectivity index (χ0) is 22.1. The molecule has 6 heteroatoms. The number of amides is 2. The summed E-state index contributed by atoms with van der Waals surface area (Å²) in [5.74, 6) is 0.913. The van der Waals surface area contributed by atoms with Crippen molar-refractivity contribution < 1.29 is 9.59 Å². The third kappa shape index (κ3) is 7.37. The molecule has 2 rings (SSSR count). The lowest BCUT2D eigenvalue weighted by Crippen LogP contribution is -2.51. The molecule has 1 atom stereocenters. The van der Waals surface area contributed by atoms with Gasteiger partial charge in [-0.05, 0) is 56.0 Å². The van der Waals surface area contributed by atoms with Crippen molar-refractivity contribution in [3.63, 3.8) is 0 Å². The highest BCUT2D eigenvalue weighted by Gasteiger charge is 2.29. The average Bonchev–Trinajstić information content (AvgIpc) is 2.70. The van der Waals surface area contributed by atoms with Crippen LogP contribution in [-0.2, 0) is 21.9 Å². The number of rotatable bonds is 10. The van der Waals surface area contributed by atoms with Gasteiger partial charge in [0.2, 0.25) is 11.8 Å². The molecule has 0 aromatic heterocycles. The van der Waals surface area contributed by atoms with Crippen molar-refractivity contribution in [1.29, 1.82) is 0 Å². The Labute approximate surface area is 189 Å². The van der Waals surface area contributed by atoms with E-state index in [2.05, 4.69) is 5.32 Å². The predicted molar refractivity (Wildman–Crippen MR) is 127 cm³/mol. The highest BCUT2D eigenvalue weighted by Crippen LogP contribution is 2.19. The van der Waals surface area contributed by atoms with E-state index in [9.17, 15) is 9.59 Å². The number of hydrogen-bond donors (Lipinski definition) is 1. The van der Waals surface area contributed by atoms with Crippen LogP contribution >= 0.6 is 23.4 Å². The maximum atomic E-state index is 13.2. The van der Waals surface area contributed by atoms with Crippen molar-refractivity contribution in [1.82, 2.24) is 10.2 Å². The van der Waals surface area contributed by atoms with Crippen LogP contribution in [0.25, 0.3) is 0 Å². The first-order valence-corrected chi connectivity index (χ1v) is 11.8. The fourth-order valence-electron chi connectivity index (χ4n) is 3.19. The highest BCUT2D eigenvalue weighted by atomic mass is 35.5. The Hall–Kier alpha value is -1.98. The molecule has 2 aromatic carbocycles. The van der Waals surface area contributed by atoms with Gasteiger partial charge in [-0.1, -0.05) is 54.9 Å². The first-order valence-electron chi connectivity index (χ1n) is 10.3. The Morgan fingerprint density at radius 2 is 1.77 bits per heavy atom. The Morgan fingerprint density at radius 3 is 2.37 bits per heavy atom. The van der Waals surface area contributed by atoms with E-state index in [0.717, 1.165) is 22.4 Å². The number of hydrogen-bond acceptors (Lipinski definition) is 3. The van der Waals surface area contributed by atoms with E-state index in [0.29, 0.717) is 23.7 Å². The molecule has 0 unspecified atom stereocenters. The van der Waals surface area contributed by atoms with Crippen molar-refractivity contribution in [2.45, 2.75) is 58.5 Å². The van der Waals surface area contributed by atoms with Crippen LogP contribution in [-0.4, -0.2) is 34.6 Å². The van der Waals surface area contributed by atoms with E-state index in [1.165, 1.54) is 0 Å². The molecule has 162 valence electrons. The van der Waals surface area contributed by atoms with Crippen LogP contribution in [0.2, 0.25) is 5.02 Å². The van der Waals surface area contributed by atoms with Gasteiger partial charge in [0.1, 0.15) is 6.04 Å². The maximum Gasteiger partial charge on any atom is 0.243 e. The summed E-state index contributed by atoms with van der Waals surface area (Å²) in [7, 11) is 0. The summed E-state index contributed by atoms with van der Waals surface area (Å²) in [5, 5.41) is 3.66. The Morgan fingerprint density at radius 1 is 1.10 bits per heavy atom. The van der Waals surface area contributed by atoms with Gasteiger partial charge in [0.05, 0.1) is 5.75 Å². The molecule has 0 radical (unpaired) electrons. The molecule has 0 aliphatic heterocycles. The van der Waals surface area contributed by atoms with Crippen LogP contribution in [0.5, 0.6) is 0 Å². The number of thioether (sulfide) groups is 1. The summed E-state index contributed by atoms with van der Waals surface area (Å²) in [4.78, 5) is 27.7. The van der Waals surface area contributed by atoms with Crippen molar-refractivity contribution in [2.75, 3.05) is 5.75 Å². The summed E-state index contributed by atoms with van der Waals surface area (Å²) >= 11 is 7.49. The van der Waals surface area contributed by atoms with Crippen molar-refractivity contribution in [2.24, 2.45) is 0 Å². The van der Waals surface area contributed by atoms with E-state index in [1.54, 1.807) is 16.7 Å². The van der Waals surface area contributed by atoms with Crippen LogP contribution in [0.15, 0.2) is 48.5 Å². The van der Waals surface area contributed by atoms with Gasteiger partial charge in [0, 0.05) is 23.4 Å². The molecule has 1 N–H and O–H groups in total. The second kappa shape index (κ2) is 12.0. The van der Waals surface area contributed by atoms with E-state index in [1.807, 2.05) is 76.2 Å². The number of carbonyl (C=O) groups excluding carboxylic acids is 2. The number of halogens is 1. The highest BCUT2D eigenvalue weighted by molar-refractivity contribution is 7.99. The molecule has 0 saturated heterocycles. The molecule has 30 heavy (non-hydrogen) atoms. The number of carbonyl (C=O) groups is 2. The molecule has 0 saturated carbocycles. The van der Waals surface area contributed by atoms with Crippen LogP contribution in [0.4, 0.5) is 0 Å². The van der Waals surface area contributed by atoms with Gasteiger partial charge < -0.3 is 10.2 Å². The molecule has 0 aliphatic rings. The second-order valence-corrected chi connectivity index (χ2v) is 9.08. The van der Waals surface area contributed by atoms with Crippen LogP contribution in [0.1, 0.15) is 43.9 Å². The number of aryl methyl sites for hydroxylation is 1. The summed E-state index contributed by atoms with van der Waals surface area (Å²) in [6, 6.07) is 15.2. The SMILES string of the molecule is CC[C@H](C(=O)NC(C)C)N(Cc1ccccc1C)C(=O)CSCc1ccc(Cl)cc1. The van der Waals surface area contributed by atoms with Gasteiger partial charge in [-0.25, -0.2) is 0 Å². The van der Waals surface area contributed by atoms with E-state index in [-0.39, 0.29) is 17.9 Å². The predicted octanol–water partition coefficient (Wildman–Crippen LogP) is 5.21. The third-order valence-electron chi connectivity index (χ3n) is 4.83. The minimum Gasteiger partial charge on any atom is -0.352 e. The number of nitrogens with one attached hydrogen (secondary N) is 1. The Kier molecular flexibility index (Phi) is 9.73. The second-order valence-electron chi connectivity index (χ2n) is 7.65. The zero-order valence-electron chi connectivity index (χ0n) is 18.2. The van der Waals surface area contributed by atoms with Crippen molar-refractivity contribution >= 4 is 35.2 Å². The van der Waals surface area contributed by atoms with Gasteiger partial charge in [0.15, 0.2) is 0 Å². The molecular formula is C24H31ClN2O2S. The minimum absolute atomic E-state index is 0.0250. The summed E-state index contributed by atoms with van der Waals surface area (Å²) < 4.78 is 0. The van der Waals surface area contributed by atoms with E-state index < -0.39 is 6.04 Å². The van der Waals surface area contributed by atoms with Crippen LogP contribution < -0.4 is 5.32 Å². The topological polar surface area (TPSA) is 49.4 Å². The fourth-order valence-corrected chi connectivity index (χ4v) is 4.19. The third-order valence-corrected chi connectivity index (χ3v) is 6.07. The van der Waals surface area contributed by atoms with E-state index >= 15 is 0 Å². The fraction of sp³-hybridized carbons (Fsp3) is 0.417. The molecule has 0 aliphatic carbocycles. The molecule has 2 aromatic rings. The van der Waals surface area contributed by atoms with Gasteiger partial charge >= 0.3 is 0 Å². The summed E-state index contributed by atoms with van der Waals surface area (Å²) in [5.41, 5.74) is 3.29. The van der Waals surface area contributed by atoms with Crippen LogP contribution in [0, 0.1) is 6.92 Å². The van der Waals surface area contributed by atoms with Crippen LogP contribution in [0.3, 0.4) is 0 Å². The smallest absolute Gasteiger partial charge is 0.243 e. The number of benzene rings is 2. The maximum absolute atomic E-state index is 13.2. The molecule has 4 nitrogen and oxygen atoms in total. The van der Waals surface area contributed by atoms with E-state index in [4.69, 9.17) is 11.6 Å². The molecule has 0 bridgehead atoms. The number of nitrogens with zero attached hydrogens (tertiary/aromatic N) is 1. The van der Waals surface area contributed by atoms with Gasteiger partial charge in [-0.3, -0.25) is 9.59 Å². The molecule has 2 amide bonds. The average molecular weight is 447 g/mol. The van der Waals surface area contributed by atoms with Crippen molar-refractivity contribution in [3.05, 3.63) is 70.2 Å². The summed E-state index contributed by atoms with van der Waals surface area (Å²) in [6.07, 6.45) is 0.567. The lowest BCUT2D eigenvalue weighted by atomic mass is 10.1. The lowest BCUT2D eigenvalue weighted by Gasteiger charge is -2.31. The monoisotopic (exact) mass is 446 g/mol. The standard InChI is InChI=1S/C24H31ClN2O2S/c1-5-22(24(29)26-17(2)3)27(14-20-9-7-6-8-18(20)4)23(28)16-30-15-19-10-12-21(25)13-11-19/h6-13,17,22H,5,14-16H2,1-4H3,(H,26,29)/t22-/m1/s1. The molecular weight excluding hydrogens is 416 g/mol. The Balaban J connectivity index is 2.13. The first kappa shape index (κ1) is 24.3.